The highest BCUT2D eigenvalue weighted by atomic mass is 16.3. The van der Waals surface area contributed by atoms with Gasteiger partial charge in [-0.2, -0.15) is 0 Å². The maximum absolute atomic E-state index is 12.1. The second-order valence-corrected chi connectivity index (χ2v) is 5.52. The van der Waals surface area contributed by atoms with Crippen LogP contribution in [0, 0.1) is 12.8 Å². The highest BCUT2D eigenvalue weighted by molar-refractivity contribution is 5.97. The summed E-state index contributed by atoms with van der Waals surface area (Å²) in [5.41, 5.74) is 1.52. The molecule has 5 heteroatoms. The van der Waals surface area contributed by atoms with E-state index in [2.05, 4.69) is 10.6 Å². The first-order valence-electron chi connectivity index (χ1n) is 7.14. The van der Waals surface area contributed by atoms with Crippen molar-refractivity contribution in [2.24, 2.45) is 5.92 Å². The lowest BCUT2D eigenvalue weighted by molar-refractivity contribution is -0.123. The Kier molecular flexibility index (Phi) is 6.37. The lowest BCUT2D eigenvalue weighted by atomic mass is 10.0. The molecule has 3 atom stereocenters. The molecule has 1 aromatic carbocycles. The summed E-state index contributed by atoms with van der Waals surface area (Å²) in [6, 6.07) is 6.41. The summed E-state index contributed by atoms with van der Waals surface area (Å²) in [7, 11) is 0. The van der Waals surface area contributed by atoms with E-state index in [1.165, 1.54) is 0 Å². The molecule has 0 saturated carbocycles. The third-order valence-corrected chi connectivity index (χ3v) is 3.53. The first-order chi connectivity index (χ1) is 9.85. The van der Waals surface area contributed by atoms with Crippen molar-refractivity contribution in [3.8, 4) is 0 Å². The number of aryl methyl sites for hydroxylation is 1. The van der Waals surface area contributed by atoms with E-state index < -0.39 is 6.04 Å². The van der Waals surface area contributed by atoms with Crippen molar-refractivity contribution in [3.63, 3.8) is 0 Å². The Balaban J connectivity index is 2.58. The molecule has 21 heavy (non-hydrogen) atoms. The molecule has 0 aromatic heterocycles. The Hall–Kier alpha value is -1.88. The minimum Gasteiger partial charge on any atom is -0.396 e. The predicted molar refractivity (Wildman–Crippen MR) is 82.0 cm³/mol. The van der Waals surface area contributed by atoms with Crippen LogP contribution in [0.5, 0.6) is 0 Å². The van der Waals surface area contributed by atoms with E-state index in [-0.39, 0.29) is 30.4 Å². The number of hydrogen-bond donors (Lipinski definition) is 3. The summed E-state index contributed by atoms with van der Waals surface area (Å²) >= 11 is 0. The molecule has 5 nitrogen and oxygen atoms in total. The summed E-state index contributed by atoms with van der Waals surface area (Å²) in [6.07, 6.45) is 0. The molecule has 0 aliphatic rings. The molecule has 2 amide bonds. The molecule has 0 spiro atoms. The van der Waals surface area contributed by atoms with Gasteiger partial charge < -0.3 is 15.7 Å². The fourth-order valence-corrected chi connectivity index (χ4v) is 1.78. The lowest BCUT2D eigenvalue weighted by Gasteiger charge is -2.22. The number of hydrogen-bond acceptors (Lipinski definition) is 3. The standard InChI is InChI=1S/C16H24N2O3/c1-10-6-5-7-14(8-10)16(21)18-13(4)15(20)17-12(3)11(2)9-19/h5-8,11-13,19H,9H2,1-4H3,(H,17,20)(H,18,21). The van der Waals surface area contributed by atoms with E-state index in [4.69, 9.17) is 5.11 Å². The van der Waals surface area contributed by atoms with E-state index in [0.29, 0.717) is 5.56 Å². The van der Waals surface area contributed by atoms with Crippen LogP contribution in [0.3, 0.4) is 0 Å². The normalized spacial score (nSPS) is 14.9. The number of benzene rings is 1. The van der Waals surface area contributed by atoms with E-state index in [1.54, 1.807) is 25.1 Å². The predicted octanol–water partition coefficient (Wildman–Crippen LogP) is 1.25. The van der Waals surface area contributed by atoms with Gasteiger partial charge >= 0.3 is 0 Å². The smallest absolute Gasteiger partial charge is 0.251 e. The second-order valence-electron chi connectivity index (χ2n) is 5.52. The molecule has 3 unspecified atom stereocenters. The number of nitrogens with one attached hydrogen (secondary N) is 2. The average Bonchev–Trinajstić information content (AvgIpc) is 2.45. The zero-order valence-corrected chi connectivity index (χ0v) is 13.0. The van der Waals surface area contributed by atoms with E-state index in [0.717, 1.165) is 5.56 Å². The zero-order valence-electron chi connectivity index (χ0n) is 13.0. The Morgan fingerprint density at radius 1 is 1.19 bits per heavy atom. The van der Waals surface area contributed by atoms with Gasteiger partial charge in [-0.3, -0.25) is 9.59 Å². The number of rotatable bonds is 6. The van der Waals surface area contributed by atoms with Crippen LogP contribution in [0.1, 0.15) is 36.7 Å². The molecule has 1 rings (SSSR count). The van der Waals surface area contributed by atoms with Gasteiger partial charge in [0.2, 0.25) is 5.91 Å². The van der Waals surface area contributed by atoms with E-state index >= 15 is 0 Å². The number of aliphatic hydroxyl groups excluding tert-OH is 1. The molecule has 0 aliphatic heterocycles. The SMILES string of the molecule is Cc1cccc(C(=O)NC(C)C(=O)NC(C)C(C)CO)c1. The molecule has 0 aliphatic carbocycles. The monoisotopic (exact) mass is 292 g/mol. The van der Waals surface area contributed by atoms with Gasteiger partial charge in [-0.25, -0.2) is 0 Å². The van der Waals surface area contributed by atoms with Crippen molar-refractivity contribution in [2.75, 3.05) is 6.61 Å². The molecule has 0 bridgehead atoms. The van der Waals surface area contributed by atoms with Crippen LogP contribution in [0.15, 0.2) is 24.3 Å². The summed E-state index contributed by atoms with van der Waals surface area (Å²) in [6.45, 7) is 7.23. The number of amides is 2. The highest BCUT2D eigenvalue weighted by Crippen LogP contribution is 2.05. The molecule has 0 radical (unpaired) electrons. The lowest BCUT2D eigenvalue weighted by Crippen LogP contribution is -2.49. The fraction of sp³-hybridized carbons (Fsp3) is 0.500. The fourth-order valence-electron chi connectivity index (χ4n) is 1.78. The first-order valence-corrected chi connectivity index (χ1v) is 7.14. The van der Waals surface area contributed by atoms with E-state index in [9.17, 15) is 9.59 Å². The summed E-state index contributed by atoms with van der Waals surface area (Å²) < 4.78 is 0. The van der Waals surface area contributed by atoms with Gasteiger partial charge in [0.15, 0.2) is 0 Å². The van der Waals surface area contributed by atoms with Crippen molar-refractivity contribution >= 4 is 11.8 Å². The maximum Gasteiger partial charge on any atom is 0.251 e. The second kappa shape index (κ2) is 7.78. The third kappa shape index (κ3) is 5.19. The summed E-state index contributed by atoms with van der Waals surface area (Å²) in [4.78, 5) is 24.1. The molecular weight excluding hydrogens is 268 g/mol. The summed E-state index contributed by atoms with van der Waals surface area (Å²) in [5, 5.41) is 14.5. The molecule has 116 valence electrons. The van der Waals surface area contributed by atoms with Crippen LogP contribution in [0.4, 0.5) is 0 Å². The Morgan fingerprint density at radius 3 is 2.43 bits per heavy atom. The van der Waals surface area contributed by atoms with Crippen molar-refractivity contribution in [3.05, 3.63) is 35.4 Å². The van der Waals surface area contributed by atoms with Gasteiger partial charge in [-0.15, -0.1) is 0 Å². The largest absolute Gasteiger partial charge is 0.396 e. The first kappa shape index (κ1) is 17.2. The van der Waals surface area contributed by atoms with Crippen molar-refractivity contribution in [1.82, 2.24) is 10.6 Å². The molecular formula is C16H24N2O3. The molecule has 0 fully saturated rings. The van der Waals surface area contributed by atoms with Gasteiger partial charge in [-0.05, 0) is 38.8 Å². The highest BCUT2D eigenvalue weighted by Gasteiger charge is 2.20. The van der Waals surface area contributed by atoms with Crippen LogP contribution in [0.2, 0.25) is 0 Å². The molecule has 0 heterocycles. The molecule has 3 N–H and O–H groups in total. The van der Waals surface area contributed by atoms with Crippen LogP contribution >= 0.6 is 0 Å². The number of aliphatic hydroxyl groups is 1. The molecule has 0 saturated heterocycles. The Morgan fingerprint density at radius 2 is 1.86 bits per heavy atom. The number of carbonyl (C=O) groups is 2. The Bertz CT molecular complexity index is 502. The van der Waals surface area contributed by atoms with Crippen molar-refractivity contribution < 1.29 is 14.7 Å². The average molecular weight is 292 g/mol. The van der Waals surface area contributed by atoms with Crippen LogP contribution in [-0.2, 0) is 4.79 Å². The Labute approximate surface area is 125 Å². The van der Waals surface area contributed by atoms with Gasteiger partial charge in [0.05, 0.1) is 0 Å². The van der Waals surface area contributed by atoms with Crippen LogP contribution < -0.4 is 10.6 Å². The number of carbonyl (C=O) groups excluding carboxylic acids is 2. The summed E-state index contributed by atoms with van der Waals surface area (Å²) in [5.74, 6) is -0.568. The molecule has 1 aromatic rings. The van der Waals surface area contributed by atoms with Crippen molar-refractivity contribution in [1.29, 1.82) is 0 Å². The minimum atomic E-state index is -0.633. The van der Waals surface area contributed by atoms with Gasteiger partial charge in [0.25, 0.3) is 5.91 Å². The van der Waals surface area contributed by atoms with Crippen LogP contribution in [-0.4, -0.2) is 35.6 Å². The van der Waals surface area contributed by atoms with Crippen molar-refractivity contribution in [2.45, 2.75) is 39.8 Å². The third-order valence-electron chi connectivity index (χ3n) is 3.53. The van der Waals surface area contributed by atoms with Gasteiger partial charge in [0, 0.05) is 18.2 Å². The quantitative estimate of drug-likeness (QED) is 0.738. The maximum atomic E-state index is 12.1. The minimum absolute atomic E-state index is 0.00544. The zero-order chi connectivity index (χ0) is 16.0. The van der Waals surface area contributed by atoms with Crippen LogP contribution in [0.25, 0.3) is 0 Å². The van der Waals surface area contributed by atoms with Gasteiger partial charge in [0.1, 0.15) is 6.04 Å². The van der Waals surface area contributed by atoms with E-state index in [1.807, 2.05) is 26.8 Å². The van der Waals surface area contributed by atoms with Gasteiger partial charge in [-0.1, -0.05) is 24.6 Å². The topological polar surface area (TPSA) is 78.4 Å².